The van der Waals surface area contributed by atoms with E-state index in [9.17, 15) is 4.79 Å². The van der Waals surface area contributed by atoms with E-state index in [0.717, 1.165) is 50.0 Å². The summed E-state index contributed by atoms with van der Waals surface area (Å²) >= 11 is 0. The van der Waals surface area contributed by atoms with Gasteiger partial charge in [0.25, 0.3) is 0 Å². The minimum absolute atomic E-state index is 0.0788. The molecular formula is C16H25N3O. The first-order valence-electron chi connectivity index (χ1n) is 7.42. The van der Waals surface area contributed by atoms with Gasteiger partial charge in [-0.1, -0.05) is 26.7 Å². The Morgan fingerprint density at radius 3 is 2.35 bits per heavy atom. The highest BCUT2D eigenvalue weighted by atomic mass is 16.2. The van der Waals surface area contributed by atoms with Gasteiger partial charge in [0.15, 0.2) is 0 Å². The van der Waals surface area contributed by atoms with Crippen LogP contribution in [0.25, 0.3) is 5.57 Å². The molecule has 0 radical (unpaired) electrons. The predicted molar refractivity (Wildman–Crippen MR) is 82.1 cm³/mol. The van der Waals surface area contributed by atoms with Crippen LogP contribution in [0.15, 0.2) is 24.7 Å². The third-order valence-corrected chi connectivity index (χ3v) is 3.18. The van der Waals surface area contributed by atoms with Gasteiger partial charge in [0.2, 0.25) is 5.91 Å². The van der Waals surface area contributed by atoms with Gasteiger partial charge in [-0.15, -0.1) is 0 Å². The van der Waals surface area contributed by atoms with Gasteiger partial charge < -0.3 is 4.90 Å². The van der Waals surface area contributed by atoms with Crippen molar-refractivity contribution in [2.45, 2.75) is 46.5 Å². The van der Waals surface area contributed by atoms with Gasteiger partial charge in [0, 0.05) is 31.6 Å². The second-order valence-corrected chi connectivity index (χ2v) is 4.95. The van der Waals surface area contributed by atoms with E-state index in [-0.39, 0.29) is 5.91 Å². The molecule has 1 rings (SSSR count). The molecule has 0 N–H and O–H groups in total. The standard InChI is InChI=1S/C16H25N3O/c1-4-6-10-19(11-7-5-2)16(20)12-14(3)15-13-17-8-9-18-15/h8-9,12-13H,4-7,10-11H2,1-3H3. The van der Waals surface area contributed by atoms with Crippen LogP contribution in [0.4, 0.5) is 0 Å². The van der Waals surface area contributed by atoms with Crippen molar-refractivity contribution in [1.29, 1.82) is 0 Å². The molecule has 1 amide bonds. The van der Waals surface area contributed by atoms with Gasteiger partial charge in [-0.3, -0.25) is 14.8 Å². The molecule has 1 aromatic heterocycles. The number of allylic oxidation sites excluding steroid dienone is 1. The Bertz CT molecular complexity index is 421. The van der Waals surface area contributed by atoms with Crippen LogP contribution in [0.5, 0.6) is 0 Å². The summed E-state index contributed by atoms with van der Waals surface area (Å²) in [5, 5.41) is 0. The van der Waals surface area contributed by atoms with Gasteiger partial charge in [-0.2, -0.15) is 0 Å². The Hall–Kier alpha value is -1.71. The van der Waals surface area contributed by atoms with Crippen LogP contribution in [-0.2, 0) is 4.79 Å². The Morgan fingerprint density at radius 2 is 1.85 bits per heavy atom. The summed E-state index contributed by atoms with van der Waals surface area (Å²) < 4.78 is 0. The number of amides is 1. The van der Waals surface area contributed by atoms with Crippen molar-refractivity contribution >= 4 is 11.5 Å². The van der Waals surface area contributed by atoms with Crippen molar-refractivity contribution < 1.29 is 4.79 Å². The Morgan fingerprint density at radius 1 is 1.20 bits per heavy atom. The highest BCUT2D eigenvalue weighted by molar-refractivity contribution is 5.94. The molecule has 0 spiro atoms. The zero-order valence-electron chi connectivity index (χ0n) is 12.8. The fraction of sp³-hybridized carbons (Fsp3) is 0.562. The monoisotopic (exact) mass is 275 g/mol. The smallest absolute Gasteiger partial charge is 0.246 e. The average molecular weight is 275 g/mol. The molecule has 0 unspecified atom stereocenters. The topological polar surface area (TPSA) is 46.1 Å². The van der Waals surface area contributed by atoms with Crippen molar-refractivity contribution in [2.75, 3.05) is 13.1 Å². The first kappa shape index (κ1) is 16.3. The summed E-state index contributed by atoms with van der Waals surface area (Å²) in [4.78, 5) is 22.5. The molecule has 4 nitrogen and oxygen atoms in total. The molecule has 0 saturated heterocycles. The highest BCUT2D eigenvalue weighted by Crippen LogP contribution is 2.10. The molecule has 0 fully saturated rings. The Kier molecular flexibility index (Phi) is 7.55. The molecule has 0 aliphatic rings. The van der Waals surface area contributed by atoms with Crippen LogP contribution in [-0.4, -0.2) is 33.9 Å². The van der Waals surface area contributed by atoms with E-state index in [2.05, 4.69) is 23.8 Å². The van der Waals surface area contributed by atoms with E-state index in [1.54, 1.807) is 24.7 Å². The Balaban J connectivity index is 2.72. The van der Waals surface area contributed by atoms with Crippen molar-refractivity contribution in [3.8, 4) is 0 Å². The molecule has 1 aromatic rings. The molecule has 0 bridgehead atoms. The van der Waals surface area contributed by atoms with Crippen molar-refractivity contribution in [3.63, 3.8) is 0 Å². The average Bonchev–Trinajstić information content (AvgIpc) is 2.48. The van der Waals surface area contributed by atoms with Gasteiger partial charge in [0.05, 0.1) is 11.9 Å². The van der Waals surface area contributed by atoms with Crippen molar-refractivity contribution in [1.82, 2.24) is 14.9 Å². The fourth-order valence-electron chi connectivity index (χ4n) is 1.88. The number of rotatable bonds is 8. The SMILES string of the molecule is CCCCN(CCCC)C(=O)C=C(C)c1cnccn1. The molecule has 20 heavy (non-hydrogen) atoms. The van der Waals surface area contributed by atoms with Crippen molar-refractivity contribution in [2.24, 2.45) is 0 Å². The molecule has 0 aromatic carbocycles. The molecular weight excluding hydrogens is 250 g/mol. The van der Waals surface area contributed by atoms with E-state index in [1.165, 1.54) is 0 Å². The van der Waals surface area contributed by atoms with Crippen LogP contribution < -0.4 is 0 Å². The van der Waals surface area contributed by atoms with Crippen LogP contribution >= 0.6 is 0 Å². The third-order valence-electron chi connectivity index (χ3n) is 3.18. The van der Waals surface area contributed by atoms with E-state index in [0.29, 0.717) is 0 Å². The molecule has 1 heterocycles. The van der Waals surface area contributed by atoms with Crippen molar-refractivity contribution in [3.05, 3.63) is 30.4 Å². The quantitative estimate of drug-likeness (QED) is 0.684. The lowest BCUT2D eigenvalue weighted by molar-refractivity contribution is -0.126. The summed E-state index contributed by atoms with van der Waals surface area (Å²) in [7, 11) is 0. The molecule has 4 heteroatoms. The zero-order chi connectivity index (χ0) is 14.8. The maximum atomic E-state index is 12.3. The fourth-order valence-corrected chi connectivity index (χ4v) is 1.88. The second-order valence-electron chi connectivity index (χ2n) is 4.95. The maximum absolute atomic E-state index is 12.3. The van der Waals surface area contributed by atoms with Gasteiger partial charge in [-0.25, -0.2) is 0 Å². The van der Waals surface area contributed by atoms with E-state index in [1.807, 2.05) is 11.8 Å². The summed E-state index contributed by atoms with van der Waals surface area (Å²) in [6.45, 7) is 7.85. The van der Waals surface area contributed by atoms with E-state index < -0.39 is 0 Å². The largest absolute Gasteiger partial charge is 0.339 e. The van der Waals surface area contributed by atoms with Crippen LogP contribution in [0.3, 0.4) is 0 Å². The molecule has 0 atom stereocenters. The zero-order valence-corrected chi connectivity index (χ0v) is 12.8. The number of hydrogen-bond donors (Lipinski definition) is 0. The lowest BCUT2D eigenvalue weighted by Gasteiger charge is -2.21. The summed E-state index contributed by atoms with van der Waals surface area (Å²) in [5.41, 5.74) is 1.62. The summed E-state index contributed by atoms with van der Waals surface area (Å²) in [6, 6.07) is 0. The molecule has 0 aliphatic carbocycles. The lowest BCUT2D eigenvalue weighted by Crippen LogP contribution is -2.31. The number of aromatic nitrogens is 2. The number of hydrogen-bond acceptors (Lipinski definition) is 3. The van der Waals surface area contributed by atoms with Gasteiger partial charge in [0.1, 0.15) is 0 Å². The predicted octanol–water partition coefficient (Wildman–Crippen LogP) is 3.31. The normalized spacial score (nSPS) is 11.4. The Labute approximate surface area is 121 Å². The number of unbranched alkanes of at least 4 members (excludes halogenated alkanes) is 2. The van der Waals surface area contributed by atoms with Crippen LogP contribution in [0.2, 0.25) is 0 Å². The summed E-state index contributed by atoms with van der Waals surface area (Å²) in [5.74, 6) is 0.0788. The second kappa shape index (κ2) is 9.23. The molecule has 0 saturated carbocycles. The lowest BCUT2D eigenvalue weighted by atomic mass is 10.2. The van der Waals surface area contributed by atoms with Gasteiger partial charge in [-0.05, 0) is 25.3 Å². The number of carbonyl (C=O) groups excluding carboxylic acids is 1. The number of carbonyl (C=O) groups is 1. The van der Waals surface area contributed by atoms with E-state index in [4.69, 9.17) is 0 Å². The minimum atomic E-state index is 0.0788. The molecule has 0 aliphatic heterocycles. The third kappa shape index (κ3) is 5.51. The first-order valence-corrected chi connectivity index (χ1v) is 7.42. The minimum Gasteiger partial charge on any atom is -0.339 e. The number of nitrogens with zero attached hydrogens (tertiary/aromatic N) is 3. The van der Waals surface area contributed by atoms with Gasteiger partial charge >= 0.3 is 0 Å². The van der Waals surface area contributed by atoms with Crippen LogP contribution in [0, 0.1) is 0 Å². The van der Waals surface area contributed by atoms with E-state index >= 15 is 0 Å². The summed E-state index contributed by atoms with van der Waals surface area (Å²) in [6.07, 6.45) is 10.9. The molecule has 110 valence electrons. The first-order chi connectivity index (χ1) is 9.69. The highest BCUT2D eigenvalue weighted by Gasteiger charge is 2.11. The van der Waals surface area contributed by atoms with Crippen LogP contribution in [0.1, 0.15) is 52.1 Å². The maximum Gasteiger partial charge on any atom is 0.246 e.